The molecule has 0 aromatic carbocycles. The lowest BCUT2D eigenvalue weighted by molar-refractivity contribution is -0.309. The summed E-state index contributed by atoms with van der Waals surface area (Å²) < 4.78 is 4.79. The molecule has 1 aliphatic heterocycles. The third-order valence-electron chi connectivity index (χ3n) is 1.54. The molecule has 0 saturated carbocycles. The highest BCUT2D eigenvalue weighted by atomic mass is 16.6. The molecule has 0 spiro atoms. The molecule has 7 heavy (non-hydrogen) atoms. The molecule has 2 atom stereocenters. The Hall–Kier alpha value is -0.0800. The molecular weight excluding hydrogens is 92.1 g/mol. The van der Waals surface area contributed by atoms with E-state index in [0.29, 0.717) is 12.5 Å². The van der Waals surface area contributed by atoms with Gasteiger partial charge in [-0.3, -0.25) is 0 Å². The minimum atomic E-state index is -0.819. The summed E-state index contributed by atoms with van der Waals surface area (Å²) in [5.74, 6) is -0.507. The van der Waals surface area contributed by atoms with E-state index in [-0.39, 0.29) is 0 Å². The van der Waals surface area contributed by atoms with Gasteiger partial charge < -0.3 is 9.84 Å². The molecule has 0 radical (unpaired) electrons. The molecule has 1 aliphatic rings. The zero-order valence-electron chi connectivity index (χ0n) is 4.64. The van der Waals surface area contributed by atoms with Crippen LogP contribution in [0.4, 0.5) is 0 Å². The van der Waals surface area contributed by atoms with Crippen LogP contribution >= 0.6 is 0 Å². The maximum absolute atomic E-state index is 8.96. The lowest BCUT2D eigenvalue weighted by Gasteiger charge is -2.40. The Morgan fingerprint density at radius 2 is 2.29 bits per heavy atom. The molecule has 0 aromatic rings. The van der Waals surface area contributed by atoms with Crippen LogP contribution in [0.5, 0.6) is 0 Å². The zero-order chi connectivity index (χ0) is 5.49. The molecule has 2 heteroatoms. The fourth-order valence-electron chi connectivity index (χ4n) is 0.491. The summed E-state index contributed by atoms with van der Waals surface area (Å²) in [5.41, 5.74) is 0. The molecule has 0 bridgehead atoms. The van der Waals surface area contributed by atoms with Crippen molar-refractivity contribution in [2.75, 3.05) is 6.61 Å². The minimum Gasteiger partial charge on any atom is -0.365 e. The Kier molecular flexibility index (Phi) is 0.869. The molecule has 2 nitrogen and oxygen atoms in total. The summed E-state index contributed by atoms with van der Waals surface area (Å²) in [6, 6.07) is 0. The van der Waals surface area contributed by atoms with Gasteiger partial charge in [-0.25, -0.2) is 0 Å². The monoisotopic (exact) mass is 102 g/mol. The largest absolute Gasteiger partial charge is 0.365 e. The molecule has 2 unspecified atom stereocenters. The van der Waals surface area contributed by atoms with Gasteiger partial charge in [-0.05, 0) is 6.92 Å². The van der Waals surface area contributed by atoms with E-state index in [4.69, 9.17) is 9.84 Å². The van der Waals surface area contributed by atoms with Gasteiger partial charge in [-0.2, -0.15) is 0 Å². The van der Waals surface area contributed by atoms with Gasteiger partial charge in [-0.1, -0.05) is 6.92 Å². The summed E-state index contributed by atoms with van der Waals surface area (Å²) >= 11 is 0. The van der Waals surface area contributed by atoms with Crippen LogP contribution in [-0.4, -0.2) is 17.5 Å². The molecular formula is C5H10O2. The second-order valence-corrected chi connectivity index (χ2v) is 2.27. The third-order valence-corrected chi connectivity index (χ3v) is 1.54. The molecule has 0 amide bonds. The van der Waals surface area contributed by atoms with E-state index in [1.165, 1.54) is 0 Å². The highest BCUT2D eigenvalue weighted by Gasteiger charge is 2.38. The average Bonchev–Trinajstić information content (AvgIpc) is 1.63. The second-order valence-electron chi connectivity index (χ2n) is 2.27. The maximum atomic E-state index is 8.96. The van der Waals surface area contributed by atoms with Gasteiger partial charge in [0.2, 0.25) is 0 Å². The summed E-state index contributed by atoms with van der Waals surface area (Å²) in [5, 5.41) is 8.96. The average molecular weight is 102 g/mol. The van der Waals surface area contributed by atoms with Crippen LogP contribution in [0.25, 0.3) is 0 Å². The van der Waals surface area contributed by atoms with Crippen LogP contribution in [0.2, 0.25) is 0 Å². The normalized spacial score (nSPS) is 51.0. The zero-order valence-corrected chi connectivity index (χ0v) is 4.64. The number of ether oxygens (including phenoxy) is 1. The van der Waals surface area contributed by atoms with Gasteiger partial charge in [0.05, 0.1) is 6.61 Å². The van der Waals surface area contributed by atoms with E-state index in [1.807, 2.05) is 6.92 Å². The van der Waals surface area contributed by atoms with E-state index in [2.05, 4.69) is 0 Å². The van der Waals surface area contributed by atoms with Crippen molar-refractivity contribution in [3.63, 3.8) is 0 Å². The van der Waals surface area contributed by atoms with Gasteiger partial charge in [0, 0.05) is 5.92 Å². The molecule has 42 valence electrons. The van der Waals surface area contributed by atoms with Gasteiger partial charge in [0.15, 0.2) is 5.79 Å². The van der Waals surface area contributed by atoms with Crippen molar-refractivity contribution < 1.29 is 9.84 Å². The van der Waals surface area contributed by atoms with Crippen molar-refractivity contribution in [2.24, 2.45) is 5.92 Å². The van der Waals surface area contributed by atoms with Crippen LogP contribution in [0.15, 0.2) is 0 Å². The topological polar surface area (TPSA) is 29.5 Å². The predicted molar refractivity (Wildman–Crippen MR) is 25.7 cm³/mol. The molecule has 1 fully saturated rings. The number of rotatable bonds is 0. The second kappa shape index (κ2) is 1.20. The predicted octanol–water partition coefficient (Wildman–Crippen LogP) is 0.361. The van der Waals surface area contributed by atoms with E-state index in [1.54, 1.807) is 6.92 Å². The molecule has 0 aromatic heterocycles. The minimum absolute atomic E-state index is 0.312. The molecule has 1 saturated heterocycles. The Morgan fingerprint density at radius 3 is 2.29 bits per heavy atom. The van der Waals surface area contributed by atoms with Gasteiger partial charge >= 0.3 is 0 Å². The standard InChI is InChI=1S/C5H10O2/c1-4-3-7-5(4,2)6/h4,6H,3H2,1-2H3. The summed E-state index contributed by atoms with van der Waals surface area (Å²) in [7, 11) is 0. The number of hydrogen-bond donors (Lipinski definition) is 1. The lowest BCUT2D eigenvalue weighted by Crippen LogP contribution is -2.49. The van der Waals surface area contributed by atoms with E-state index in [0.717, 1.165) is 0 Å². The van der Waals surface area contributed by atoms with Crippen molar-refractivity contribution >= 4 is 0 Å². The maximum Gasteiger partial charge on any atom is 0.167 e. The van der Waals surface area contributed by atoms with Gasteiger partial charge in [0.25, 0.3) is 0 Å². The molecule has 1 N–H and O–H groups in total. The third kappa shape index (κ3) is 0.640. The fourth-order valence-corrected chi connectivity index (χ4v) is 0.491. The Bertz CT molecular complexity index is 78.1. The number of aliphatic hydroxyl groups is 1. The Balaban J connectivity index is 2.43. The van der Waals surface area contributed by atoms with Crippen LogP contribution in [0.1, 0.15) is 13.8 Å². The molecule has 1 rings (SSSR count). The van der Waals surface area contributed by atoms with Gasteiger partial charge in [0.1, 0.15) is 0 Å². The van der Waals surface area contributed by atoms with Crippen molar-refractivity contribution in [3.05, 3.63) is 0 Å². The first-order chi connectivity index (χ1) is 3.13. The first-order valence-corrected chi connectivity index (χ1v) is 2.49. The van der Waals surface area contributed by atoms with E-state index < -0.39 is 5.79 Å². The highest BCUT2D eigenvalue weighted by molar-refractivity contribution is 4.76. The Morgan fingerprint density at radius 1 is 1.86 bits per heavy atom. The van der Waals surface area contributed by atoms with Gasteiger partial charge in [-0.15, -0.1) is 0 Å². The van der Waals surface area contributed by atoms with Crippen molar-refractivity contribution in [1.82, 2.24) is 0 Å². The van der Waals surface area contributed by atoms with E-state index >= 15 is 0 Å². The van der Waals surface area contributed by atoms with Crippen LogP contribution in [-0.2, 0) is 4.74 Å². The van der Waals surface area contributed by atoms with Crippen LogP contribution < -0.4 is 0 Å². The van der Waals surface area contributed by atoms with Crippen molar-refractivity contribution in [1.29, 1.82) is 0 Å². The van der Waals surface area contributed by atoms with Crippen molar-refractivity contribution in [2.45, 2.75) is 19.6 Å². The lowest BCUT2D eigenvalue weighted by atomic mass is 9.98. The SMILES string of the molecule is CC1COC1(C)O. The quantitative estimate of drug-likeness (QED) is 0.478. The highest BCUT2D eigenvalue weighted by Crippen LogP contribution is 2.28. The number of hydrogen-bond acceptors (Lipinski definition) is 2. The fraction of sp³-hybridized carbons (Fsp3) is 1.00. The smallest absolute Gasteiger partial charge is 0.167 e. The summed E-state index contributed by atoms with van der Waals surface area (Å²) in [6.07, 6.45) is 0. The summed E-state index contributed by atoms with van der Waals surface area (Å²) in [4.78, 5) is 0. The molecule has 1 heterocycles. The van der Waals surface area contributed by atoms with Crippen LogP contribution in [0.3, 0.4) is 0 Å². The first kappa shape index (κ1) is 5.06. The Labute approximate surface area is 43.1 Å². The molecule has 0 aliphatic carbocycles. The summed E-state index contributed by atoms with van der Waals surface area (Å²) in [6.45, 7) is 4.34. The van der Waals surface area contributed by atoms with Crippen LogP contribution in [0, 0.1) is 5.92 Å². The van der Waals surface area contributed by atoms with E-state index in [9.17, 15) is 0 Å². The first-order valence-electron chi connectivity index (χ1n) is 2.49. The van der Waals surface area contributed by atoms with Crippen molar-refractivity contribution in [3.8, 4) is 0 Å².